The number of carboxylic acid groups (broad SMARTS) is 1. The van der Waals surface area contributed by atoms with E-state index in [1.807, 2.05) is 6.07 Å². The highest BCUT2D eigenvalue weighted by Crippen LogP contribution is 2.20. The summed E-state index contributed by atoms with van der Waals surface area (Å²) in [6.07, 6.45) is 3.20. The van der Waals surface area contributed by atoms with Crippen LogP contribution in [0.3, 0.4) is 0 Å². The van der Waals surface area contributed by atoms with E-state index in [1.165, 1.54) is 17.4 Å². The van der Waals surface area contributed by atoms with E-state index in [9.17, 15) is 33.9 Å². The number of aliphatic carboxylic acids is 1. The predicted octanol–water partition coefficient (Wildman–Crippen LogP) is -0.830. The SMILES string of the molecule is NC(=O)C[C@H](NC(=O)[C@@H](N)Cc1ccccc1)C(=O)N[C@@H](Cc1c[nH]cn1)C(=O)N[C@@H](Cc1ccccc1)C(=O)N1CCC[C@@H]1C(=O)O. The molecule has 254 valence electrons. The van der Waals surface area contributed by atoms with Gasteiger partial charge in [0.2, 0.25) is 29.5 Å². The number of nitrogens with zero attached hydrogens (tertiary/aromatic N) is 2. The third-order valence-corrected chi connectivity index (χ3v) is 7.99. The minimum Gasteiger partial charge on any atom is -0.480 e. The van der Waals surface area contributed by atoms with Gasteiger partial charge in [-0.2, -0.15) is 0 Å². The van der Waals surface area contributed by atoms with Crippen LogP contribution in [0.15, 0.2) is 73.2 Å². The fourth-order valence-electron chi connectivity index (χ4n) is 5.55. The zero-order valence-electron chi connectivity index (χ0n) is 26.2. The number of nitrogens with two attached hydrogens (primary N) is 2. The van der Waals surface area contributed by atoms with Crippen molar-refractivity contribution >= 4 is 35.5 Å². The van der Waals surface area contributed by atoms with Gasteiger partial charge in [0.1, 0.15) is 24.2 Å². The summed E-state index contributed by atoms with van der Waals surface area (Å²) >= 11 is 0. The quantitative estimate of drug-likeness (QED) is 0.101. The minimum absolute atomic E-state index is 0.0526. The van der Waals surface area contributed by atoms with E-state index >= 15 is 0 Å². The van der Waals surface area contributed by atoms with Crippen molar-refractivity contribution in [2.24, 2.45) is 11.5 Å². The topological polar surface area (TPSA) is 243 Å². The number of hydrogen-bond donors (Lipinski definition) is 7. The fourth-order valence-corrected chi connectivity index (χ4v) is 5.55. The van der Waals surface area contributed by atoms with Gasteiger partial charge in [-0.3, -0.25) is 24.0 Å². The normalized spacial score (nSPS) is 16.6. The predicted molar refractivity (Wildman–Crippen MR) is 173 cm³/mol. The zero-order valence-corrected chi connectivity index (χ0v) is 26.2. The molecule has 0 spiro atoms. The lowest BCUT2D eigenvalue weighted by atomic mass is 10.0. The molecule has 15 nitrogen and oxygen atoms in total. The van der Waals surface area contributed by atoms with Crippen molar-refractivity contribution in [3.05, 3.63) is 90.0 Å². The van der Waals surface area contributed by atoms with Crippen molar-refractivity contribution in [2.45, 2.75) is 68.7 Å². The summed E-state index contributed by atoms with van der Waals surface area (Å²) in [4.78, 5) is 86.1. The molecule has 9 N–H and O–H groups in total. The van der Waals surface area contributed by atoms with Gasteiger partial charge in [0.05, 0.1) is 24.5 Å². The Kier molecular flexibility index (Phi) is 12.4. The highest BCUT2D eigenvalue weighted by molar-refractivity contribution is 5.97. The second-order valence-corrected chi connectivity index (χ2v) is 11.6. The summed E-state index contributed by atoms with van der Waals surface area (Å²) in [5.74, 6) is -4.96. The number of primary amides is 1. The van der Waals surface area contributed by atoms with Crippen LogP contribution in [0.4, 0.5) is 0 Å². The maximum atomic E-state index is 13.9. The van der Waals surface area contributed by atoms with Crippen molar-refractivity contribution in [3.63, 3.8) is 0 Å². The number of imidazole rings is 1. The number of rotatable bonds is 16. The number of carbonyl (C=O) groups excluding carboxylic acids is 5. The molecule has 5 amide bonds. The summed E-state index contributed by atoms with van der Waals surface area (Å²) in [5, 5.41) is 17.4. The van der Waals surface area contributed by atoms with E-state index in [4.69, 9.17) is 11.5 Å². The van der Waals surface area contributed by atoms with Crippen LogP contribution < -0.4 is 27.4 Å². The molecule has 1 aliphatic heterocycles. The molecule has 5 atom stereocenters. The van der Waals surface area contributed by atoms with Crippen molar-refractivity contribution in [2.75, 3.05) is 6.54 Å². The first-order valence-electron chi connectivity index (χ1n) is 15.6. The lowest BCUT2D eigenvalue weighted by molar-refractivity contribution is -0.149. The third kappa shape index (κ3) is 9.96. The molecule has 4 rings (SSSR count). The van der Waals surface area contributed by atoms with Gasteiger partial charge < -0.3 is 42.4 Å². The van der Waals surface area contributed by atoms with Gasteiger partial charge in [-0.15, -0.1) is 0 Å². The number of carbonyl (C=O) groups is 6. The van der Waals surface area contributed by atoms with E-state index < -0.39 is 72.1 Å². The summed E-state index contributed by atoms with van der Waals surface area (Å²) in [6.45, 7) is 0.214. The summed E-state index contributed by atoms with van der Waals surface area (Å²) in [6, 6.07) is 11.8. The Morgan fingerprint density at radius 2 is 1.42 bits per heavy atom. The van der Waals surface area contributed by atoms with Crippen LogP contribution in [-0.4, -0.2) is 92.2 Å². The molecule has 1 fully saturated rings. The van der Waals surface area contributed by atoms with Gasteiger partial charge in [-0.1, -0.05) is 60.7 Å². The van der Waals surface area contributed by atoms with Gasteiger partial charge in [-0.25, -0.2) is 9.78 Å². The second kappa shape index (κ2) is 16.8. The lowest BCUT2D eigenvalue weighted by Crippen LogP contribution is -2.59. The van der Waals surface area contributed by atoms with Crippen LogP contribution >= 0.6 is 0 Å². The van der Waals surface area contributed by atoms with Gasteiger partial charge in [0.25, 0.3) is 0 Å². The van der Waals surface area contributed by atoms with Crippen LogP contribution in [-0.2, 0) is 48.0 Å². The number of amides is 5. The fraction of sp³-hybridized carbons (Fsp3) is 0.364. The van der Waals surface area contributed by atoms with E-state index in [0.717, 1.165) is 5.56 Å². The number of aromatic amines is 1. The molecule has 0 saturated carbocycles. The maximum Gasteiger partial charge on any atom is 0.326 e. The Hall–Kier alpha value is -5.57. The Balaban J connectivity index is 1.54. The second-order valence-electron chi connectivity index (χ2n) is 11.6. The van der Waals surface area contributed by atoms with Crippen LogP contribution in [0.1, 0.15) is 36.1 Å². The van der Waals surface area contributed by atoms with Crippen LogP contribution in [0.25, 0.3) is 0 Å². The molecule has 1 saturated heterocycles. The van der Waals surface area contributed by atoms with Crippen LogP contribution in [0.2, 0.25) is 0 Å². The molecule has 15 heteroatoms. The molecule has 0 aliphatic carbocycles. The molecular weight excluding hydrogens is 620 g/mol. The molecule has 2 heterocycles. The third-order valence-electron chi connectivity index (χ3n) is 7.99. The van der Waals surface area contributed by atoms with Crippen molar-refractivity contribution in [3.8, 4) is 0 Å². The van der Waals surface area contributed by atoms with E-state index in [2.05, 4.69) is 25.9 Å². The number of carboxylic acids is 1. The molecule has 48 heavy (non-hydrogen) atoms. The lowest BCUT2D eigenvalue weighted by Gasteiger charge is -2.29. The number of nitrogens with one attached hydrogen (secondary N) is 4. The molecule has 0 radical (unpaired) electrons. The molecule has 1 aromatic heterocycles. The van der Waals surface area contributed by atoms with Crippen LogP contribution in [0, 0.1) is 0 Å². The first kappa shape index (κ1) is 35.3. The average molecular weight is 661 g/mol. The summed E-state index contributed by atoms with van der Waals surface area (Å²) in [7, 11) is 0. The summed E-state index contributed by atoms with van der Waals surface area (Å²) < 4.78 is 0. The molecular formula is C33H40N8O7. The average Bonchev–Trinajstić information content (AvgIpc) is 3.77. The molecule has 1 aliphatic rings. The molecule has 0 bridgehead atoms. The van der Waals surface area contributed by atoms with Crippen molar-refractivity contribution in [1.82, 2.24) is 30.8 Å². The number of H-pyrrole nitrogens is 1. The monoisotopic (exact) mass is 660 g/mol. The standard InChI is InChI=1S/C33H40N8O7/c34-23(14-20-8-3-1-4-9-20)29(43)38-25(17-28(35)42)31(45)39-24(16-22-18-36-19-37-22)30(44)40-26(15-21-10-5-2-6-11-21)32(46)41-13-7-12-27(41)33(47)48/h1-6,8-11,18-19,23-27H,7,12-17,34H2,(H2,35,42)(H,36,37)(H,38,43)(H,39,45)(H,40,44)(H,47,48)/t23-,24-,25-,26-,27+/m0/s1. The molecule has 2 aromatic carbocycles. The van der Waals surface area contributed by atoms with E-state index in [-0.39, 0.29) is 32.2 Å². The highest BCUT2D eigenvalue weighted by atomic mass is 16.4. The minimum atomic E-state index is -1.46. The summed E-state index contributed by atoms with van der Waals surface area (Å²) in [5.41, 5.74) is 13.4. The number of aromatic nitrogens is 2. The van der Waals surface area contributed by atoms with Crippen molar-refractivity contribution in [1.29, 1.82) is 0 Å². The van der Waals surface area contributed by atoms with Gasteiger partial charge >= 0.3 is 5.97 Å². The first-order valence-corrected chi connectivity index (χ1v) is 15.6. The van der Waals surface area contributed by atoms with Gasteiger partial charge in [-0.05, 0) is 30.4 Å². The first-order chi connectivity index (χ1) is 23.0. The largest absolute Gasteiger partial charge is 0.480 e. The highest BCUT2D eigenvalue weighted by Gasteiger charge is 2.39. The van der Waals surface area contributed by atoms with E-state index in [1.54, 1.807) is 54.6 Å². The van der Waals surface area contributed by atoms with Gasteiger partial charge in [0, 0.05) is 25.6 Å². The zero-order chi connectivity index (χ0) is 34.6. The Morgan fingerprint density at radius 3 is 2.00 bits per heavy atom. The maximum absolute atomic E-state index is 13.9. The number of likely N-dealkylation sites (tertiary alicyclic amines) is 1. The van der Waals surface area contributed by atoms with Crippen molar-refractivity contribution < 1.29 is 33.9 Å². The molecule has 0 unspecified atom stereocenters. The Labute approximate surface area is 276 Å². The Bertz CT molecular complexity index is 1570. The number of hydrogen-bond acceptors (Lipinski definition) is 8. The van der Waals surface area contributed by atoms with E-state index in [0.29, 0.717) is 17.7 Å². The van der Waals surface area contributed by atoms with Crippen LogP contribution in [0.5, 0.6) is 0 Å². The Morgan fingerprint density at radius 1 is 0.833 bits per heavy atom. The smallest absolute Gasteiger partial charge is 0.326 e. The number of benzene rings is 2. The molecule has 3 aromatic rings. The van der Waals surface area contributed by atoms with Gasteiger partial charge in [0.15, 0.2) is 0 Å².